The molecule has 0 saturated carbocycles. The second kappa shape index (κ2) is 7.77. The molecule has 1 N–H and O–H groups in total. The Kier molecular flexibility index (Phi) is 5.03. The number of oxime groups is 1. The number of hydrogen-bond donors (Lipinski definition) is 1. The molecule has 1 aliphatic rings. The summed E-state index contributed by atoms with van der Waals surface area (Å²) >= 11 is 4.96. The van der Waals surface area contributed by atoms with Gasteiger partial charge in [0.05, 0.1) is 12.3 Å². The Morgan fingerprint density at radius 3 is 2.57 bits per heavy atom. The molecule has 28 heavy (non-hydrogen) atoms. The zero-order chi connectivity index (χ0) is 19.5. The van der Waals surface area contributed by atoms with Crippen LogP contribution in [0.4, 0.5) is 0 Å². The summed E-state index contributed by atoms with van der Waals surface area (Å²) in [5.41, 5.74) is 3.47. The van der Waals surface area contributed by atoms with Gasteiger partial charge in [-0.1, -0.05) is 47.6 Å². The lowest BCUT2D eigenvalue weighted by atomic mass is 10.0. The number of nitrogens with one attached hydrogen (secondary N) is 1. The van der Waals surface area contributed by atoms with Gasteiger partial charge in [-0.05, 0) is 35.5 Å². The lowest BCUT2D eigenvalue weighted by molar-refractivity contribution is 0.0718. The van der Waals surface area contributed by atoms with Gasteiger partial charge < -0.3 is 14.2 Å². The van der Waals surface area contributed by atoms with Crippen LogP contribution in [0.3, 0.4) is 0 Å². The number of aromatic amines is 1. The highest BCUT2D eigenvalue weighted by molar-refractivity contribution is 7.71. The van der Waals surface area contributed by atoms with Crippen LogP contribution >= 0.6 is 12.2 Å². The SMILES string of the molecule is CON=C1C[C@@H](c2n[nH]c(=S)o2)N(C(=O)c2ccc(-c3ccccc3)cc2)C1. The first-order valence-electron chi connectivity index (χ1n) is 8.76. The molecule has 1 saturated heterocycles. The smallest absolute Gasteiger partial charge is 0.284 e. The van der Waals surface area contributed by atoms with Crippen molar-refractivity contribution in [3.63, 3.8) is 0 Å². The van der Waals surface area contributed by atoms with E-state index in [0.717, 1.165) is 16.8 Å². The third kappa shape index (κ3) is 3.59. The van der Waals surface area contributed by atoms with E-state index in [9.17, 15) is 4.79 Å². The number of amides is 1. The Bertz CT molecular complexity index is 1060. The Morgan fingerprint density at radius 1 is 1.21 bits per heavy atom. The summed E-state index contributed by atoms with van der Waals surface area (Å²) in [5.74, 6) is 0.232. The van der Waals surface area contributed by atoms with Gasteiger partial charge in [0.2, 0.25) is 5.89 Å². The van der Waals surface area contributed by atoms with E-state index in [1.165, 1.54) is 7.11 Å². The summed E-state index contributed by atoms with van der Waals surface area (Å²) in [7, 11) is 1.48. The average molecular weight is 394 g/mol. The molecule has 0 aliphatic carbocycles. The van der Waals surface area contributed by atoms with E-state index in [2.05, 4.69) is 15.4 Å². The number of rotatable bonds is 4. The van der Waals surface area contributed by atoms with E-state index in [4.69, 9.17) is 21.5 Å². The first kappa shape index (κ1) is 18.1. The standard InChI is InChI=1S/C20H18N4O3S/c1-26-23-16-11-17(18-21-22-20(28)27-18)24(12-16)19(25)15-9-7-14(8-10-15)13-5-3-2-4-6-13/h2-10,17H,11-12H2,1H3,(H,22,28)/t17-/m0/s1. The van der Waals surface area contributed by atoms with E-state index in [1.807, 2.05) is 54.6 Å². The maximum atomic E-state index is 13.2. The highest BCUT2D eigenvalue weighted by Crippen LogP contribution is 2.31. The number of nitrogens with zero attached hydrogens (tertiary/aromatic N) is 3. The second-order valence-corrected chi connectivity index (χ2v) is 6.76. The van der Waals surface area contributed by atoms with E-state index in [-0.39, 0.29) is 16.8 Å². The topological polar surface area (TPSA) is 83.7 Å². The van der Waals surface area contributed by atoms with Crippen molar-refractivity contribution < 1.29 is 14.0 Å². The molecular formula is C20H18N4O3S. The molecule has 1 aromatic heterocycles. The van der Waals surface area contributed by atoms with Crippen LogP contribution in [0.1, 0.15) is 28.7 Å². The van der Waals surface area contributed by atoms with Crippen LogP contribution in [0.15, 0.2) is 64.2 Å². The molecule has 4 rings (SSSR count). The molecule has 7 nitrogen and oxygen atoms in total. The molecule has 0 unspecified atom stereocenters. The minimum Gasteiger partial charge on any atom is -0.412 e. The van der Waals surface area contributed by atoms with Crippen LogP contribution in [0.5, 0.6) is 0 Å². The zero-order valence-electron chi connectivity index (χ0n) is 15.2. The molecule has 0 radical (unpaired) electrons. The van der Waals surface area contributed by atoms with E-state index < -0.39 is 0 Å². The predicted molar refractivity (Wildman–Crippen MR) is 106 cm³/mol. The molecule has 0 spiro atoms. The van der Waals surface area contributed by atoms with Gasteiger partial charge in [0.25, 0.3) is 10.7 Å². The molecule has 1 amide bonds. The lowest BCUT2D eigenvalue weighted by Crippen LogP contribution is -2.31. The first-order chi connectivity index (χ1) is 13.7. The van der Waals surface area contributed by atoms with E-state index in [0.29, 0.717) is 24.4 Å². The predicted octanol–water partition coefficient (Wildman–Crippen LogP) is 3.99. The molecule has 2 heterocycles. The van der Waals surface area contributed by atoms with Crippen LogP contribution in [0.25, 0.3) is 11.1 Å². The molecule has 3 aromatic rings. The van der Waals surface area contributed by atoms with Crippen molar-refractivity contribution in [3.05, 3.63) is 70.9 Å². The van der Waals surface area contributed by atoms with Crippen molar-refractivity contribution in [2.75, 3.05) is 13.7 Å². The number of H-pyrrole nitrogens is 1. The van der Waals surface area contributed by atoms with Gasteiger partial charge in [-0.3, -0.25) is 4.79 Å². The zero-order valence-corrected chi connectivity index (χ0v) is 16.0. The number of carbonyl (C=O) groups is 1. The molecule has 8 heteroatoms. The molecule has 142 valence electrons. The summed E-state index contributed by atoms with van der Waals surface area (Å²) in [6.07, 6.45) is 0.477. The summed E-state index contributed by atoms with van der Waals surface area (Å²) in [6, 6.07) is 17.2. The number of carbonyl (C=O) groups excluding carboxylic acids is 1. The largest absolute Gasteiger partial charge is 0.412 e. The molecule has 2 aromatic carbocycles. The highest BCUT2D eigenvalue weighted by Gasteiger charge is 2.37. The fraction of sp³-hybridized carbons (Fsp3) is 0.200. The molecule has 1 aliphatic heterocycles. The minimum absolute atomic E-state index is 0.130. The number of hydrogen-bond acceptors (Lipinski definition) is 6. The fourth-order valence-corrected chi connectivity index (χ4v) is 3.45. The normalized spacial score (nSPS) is 17.8. The van der Waals surface area contributed by atoms with E-state index in [1.54, 1.807) is 4.90 Å². The average Bonchev–Trinajstić information content (AvgIpc) is 3.35. The van der Waals surface area contributed by atoms with Crippen molar-refractivity contribution in [1.82, 2.24) is 15.1 Å². The van der Waals surface area contributed by atoms with Crippen LogP contribution in [0.2, 0.25) is 0 Å². The van der Waals surface area contributed by atoms with Crippen molar-refractivity contribution in [3.8, 4) is 11.1 Å². The van der Waals surface area contributed by atoms with Crippen LogP contribution < -0.4 is 0 Å². The van der Waals surface area contributed by atoms with Gasteiger partial charge in [0, 0.05) is 12.0 Å². The van der Waals surface area contributed by atoms with Gasteiger partial charge >= 0.3 is 0 Å². The van der Waals surface area contributed by atoms with E-state index >= 15 is 0 Å². The van der Waals surface area contributed by atoms with Gasteiger partial charge in [0.15, 0.2) is 0 Å². The van der Waals surface area contributed by atoms with Gasteiger partial charge in [-0.2, -0.15) is 0 Å². The quantitative estimate of drug-likeness (QED) is 0.534. The van der Waals surface area contributed by atoms with Gasteiger partial charge in [-0.15, -0.1) is 5.10 Å². The Balaban J connectivity index is 1.61. The number of likely N-dealkylation sites (tertiary alicyclic amines) is 1. The molecule has 0 bridgehead atoms. The maximum absolute atomic E-state index is 13.2. The number of aromatic nitrogens is 2. The molecular weight excluding hydrogens is 376 g/mol. The van der Waals surface area contributed by atoms with Crippen molar-refractivity contribution in [2.45, 2.75) is 12.5 Å². The summed E-state index contributed by atoms with van der Waals surface area (Å²) < 4.78 is 5.45. The lowest BCUT2D eigenvalue weighted by Gasteiger charge is -2.21. The third-order valence-corrected chi connectivity index (χ3v) is 4.79. The van der Waals surface area contributed by atoms with Gasteiger partial charge in [0.1, 0.15) is 13.2 Å². The summed E-state index contributed by atoms with van der Waals surface area (Å²) in [6.45, 7) is 0.340. The Labute approximate surface area is 166 Å². The minimum atomic E-state index is -0.386. The van der Waals surface area contributed by atoms with Crippen LogP contribution in [-0.4, -0.2) is 40.4 Å². The van der Waals surface area contributed by atoms with Crippen LogP contribution in [-0.2, 0) is 4.84 Å². The second-order valence-electron chi connectivity index (χ2n) is 6.39. The summed E-state index contributed by atoms with van der Waals surface area (Å²) in [4.78, 5) is 19.9. The number of benzene rings is 2. The fourth-order valence-electron chi connectivity index (χ4n) is 3.32. The van der Waals surface area contributed by atoms with Crippen molar-refractivity contribution in [1.29, 1.82) is 0 Å². The first-order valence-corrected chi connectivity index (χ1v) is 9.17. The molecule has 1 fully saturated rings. The monoisotopic (exact) mass is 394 g/mol. The third-order valence-electron chi connectivity index (χ3n) is 4.62. The molecule has 1 atom stereocenters. The maximum Gasteiger partial charge on any atom is 0.284 e. The van der Waals surface area contributed by atoms with Gasteiger partial charge in [-0.25, -0.2) is 5.10 Å². The Morgan fingerprint density at radius 2 is 1.93 bits per heavy atom. The van der Waals surface area contributed by atoms with Crippen molar-refractivity contribution in [2.24, 2.45) is 5.16 Å². The Hall–Kier alpha value is -3.26. The summed E-state index contributed by atoms with van der Waals surface area (Å²) in [5, 5.41) is 10.7. The van der Waals surface area contributed by atoms with Crippen molar-refractivity contribution >= 4 is 23.8 Å². The van der Waals surface area contributed by atoms with Crippen LogP contribution in [0, 0.1) is 4.84 Å². The highest BCUT2D eigenvalue weighted by atomic mass is 32.1.